The Balaban J connectivity index is 1.54. The number of para-hydroxylation sites is 1. The average Bonchev–Trinajstić information content (AvgIpc) is 3.06. The molecule has 1 heterocycles. The number of aromatic nitrogens is 1. The number of aryl methyl sites for hydroxylation is 1. The number of rotatable bonds is 6. The molecule has 27 heavy (non-hydrogen) atoms. The summed E-state index contributed by atoms with van der Waals surface area (Å²) < 4.78 is 6.18. The molecule has 0 bridgehead atoms. The average molecular weight is 359 g/mol. The standard InChI is InChI=1S/C23H21NO3/c1-15(27-21-12-6-8-16-7-2-3-9-17(16)21)13-14-19-18-10-4-5-11-20(18)24-22(19)23(25)26/h2-12,15,24H,13-14H2,1H3,(H,25,26). The van der Waals surface area contributed by atoms with Gasteiger partial charge in [-0.25, -0.2) is 4.79 Å². The third-order valence-corrected chi connectivity index (χ3v) is 4.91. The quantitative estimate of drug-likeness (QED) is 0.483. The van der Waals surface area contributed by atoms with Crippen LogP contribution in [0, 0.1) is 0 Å². The number of hydrogen-bond donors (Lipinski definition) is 2. The number of ether oxygens (including phenoxy) is 1. The van der Waals surface area contributed by atoms with Gasteiger partial charge in [0, 0.05) is 16.3 Å². The summed E-state index contributed by atoms with van der Waals surface area (Å²) in [6, 6.07) is 21.9. The first kappa shape index (κ1) is 17.2. The second-order valence-electron chi connectivity index (χ2n) is 6.77. The molecule has 0 saturated heterocycles. The predicted molar refractivity (Wildman–Crippen MR) is 108 cm³/mol. The number of carbonyl (C=O) groups is 1. The van der Waals surface area contributed by atoms with Gasteiger partial charge in [0.05, 0.1) is 6.10 Å². The molecular weight excluding hydrogens is 338 g/mol. The van der Waals surface area contributed by atoms with Crippen LogP contribution in [-0.4, -0.2) is 22.2 Å². The lowest BCUT2D eigenvalue weighted by Crippen LogP contribution is -2.14. The van der Waals surface area contributed by atoms with Gasteiger partial charge in [0.1, 0.15) is 11.4 Å². The van der Waals surface area contributed by atoms with E-state index in [1.807, 2.05) is 55.5 Å². The van der Waals surface area contributed by atoms with Crippen molar-refractivity contribution in [2.24, 2.45) is 0 Å². The molecule has 0 aliphatic heterocycles. The molecule has 0 saturated carbocycles. The number of carboxylic acid groups (broad SMARTS) is 1. The zero-order chi connectivity index (χ0) is 18.8. The zero-order valence-electron chi connectivity index (χ0n) is 15.1. The Labute approximate surface area is 157 Å². The summed E-state index contributed by atoms with van der Waals surface area (Å²) in [5.41, 5.74) is 1.97. The summed E-state index contributed by atoms with van der Waals surface area (Å²) in [4.78, 5) is 14.6. The highest BCUT2D eigenvalue weighted by Gasteiger charge is 2.18. The van der Waals surface area contributed by atoms with E-state index < -0.39 is 5.97 Å². The zero-order valence-corrected chi connectivity index (χ0v) is 15.1. The number of aromatic carboxylic acids is 1. The molecule has 1 atom stereocenters. The topological polar surface area (TPSA) is 62.3 Å². The van der Waals surface area contributed by atoms with Crippen molar-refractivity contribution >= 4 is 27.6 Å². The molecule has 4 aromatic rings. The highest BCUT2D eigenvalue weighted by molar-refractivity contribution is 5.97. The molecule has 4 heteroatoms. The Morgan fingerprint density at radius 2 is 1.70 bits per heavy atom. The summed E-state index contributed by atoms with van der Waals surface area (Å²) in [6.07, 6.45) is 1.33. The lowest BCUT2D eigenvalue weighted by atomic mass is 10.0. The molecule has 2 N–H and O–H groups in total. The summed E-state index contributed by atoms with van der Waals surface area (Å²) in [6.45, 7) is 2.02. The van der Waals surface area contributed by atoms with Gasteiger partial charge in [0.15, 0.2) is 0 Å². The summed E-state index contributed by atoms with van der Waals surface area (Å²) in [5.74, 6) is -0.0678. The fourth-order valence-corrected chi connectivity index (χ4v) is 3.56. The van der Waals surface area contributed by atoms with Gasteiger partial charge in [-0.15, -0.1) is 0 Å². The van der Waals surface area contributed by atoms with Crippen LogP contribution in [0.25, 0.3) is 21.7 Å². The minimum atomic E-state index is -0.927. The van der Waals surface area contributed by atoms with Crippen molar-refractivity contribution < 1.29 is 14.6 Å². The number of nitrogens with one attached hydrogen (secondary N) is 1. The van der Waals surface area contributed by atoms with Crippen LogP contribution in [0.5, 0.6) is 5.75 Å². The van der Waals surface area contributed by atoms with Crippen molar-refractivity contribution in [3.63, 3.8) is 0 Å². The van der Waals surface area contributed by atoms with E-state index in [9.17, 15) is 9.90 Å². The maximum absolute atomic E-state index is 11.6. The van der Waals surface area contributed by atoms with E-state index in [0.29, 0.717) is 6.42 Å². The minimum Gasteiger partial charge on any atom is -0.490 e. The Hall–Kier alpha value is -3.27. The van der Waals surface area contributed by atoms with E-state index in [0.717, 1.165) is 39.4 Å². The first-order valence-electron chi connectivity index (χ1n) is 9.11. The van der Waals surface area contributed by atoms with E-state index in [2.05, 4.69) is 23.2 Å². The Bertz CT molecular complexity index is 1110. The van der Waals surface area contributed by atoms with Crippen molar-refractivity contribution in [2.45, 2.75) is 25.9 Å². The molecule has 1 aromatic heterocycles. The molecule has 4 rings (SSSR count). The first-order valence-corrected chi connectivity index (χ1v) is 9.11. The number of hydrogen-bond acceptors (Lipinski definition) is 2. The van der Waals surface area contributed by atoms with Crippen LogP contribution in [0.2, 0.25) is 0 Å². The molecule has 4 nitrogen and oxygen atoms in total. The molecule has 3 aromatic carbocycles. The van der Waals surface area contributed by atoms with Gasteiger partial charge < -0.3 is 14.8 Å². The van der Waals surface area contributed by atoms with Crippen molar-refractivity contribution in [1.82, 2.24) is 4.98 Å². The van der Waals surface area contributed by atoms with E-state index in [1.54, 1.807) is 0 Å². The molecule has 0 amide bonds. The second-order valence-corrected chi connectivity index (χ2v) is 6.77. The summed E-state index contributed by atoms with van der Waals surface area (Å²) in [7, 11) is 0. The number of H-pyrrole nitrogens is 1. The van der Waals surface area contributed by atoms with Crippen LogP contribution in [-0.2, 0) is 6.42 Å². The highest BCUT2D eigenvalue weighted by Crippen LogP contribution is 2.28. The largest absolute Gasteiger partial charge is 0.490 e. The lowest BCUT2D eigenvalue weighted by Gasteiger charge is -2.16. The number of carboxylic acids is 1. The molecule has 136 valence electrons. The van der Waals surface area contributed by atoms with Crippen LogP contribution in [0.4, 0.5) is 0 Å². The van der Waals surface area contributed by atoms with Crippen molar-refractivity contribution in [3.05, 3.63) is 78.0 Å². The summed E-state index contributed by atoms with van der Waals surface area (Å²) >= 11 is 0. The van der Waals surface area contributed by atoms with E-state index in [4.69, 9.17) is 4.74 Å². The van der Waals surface area contributed by atoms with Crippen LogP contribution < -0.4 is 4.74 Å². The van der Waals surface area contributed by atoms with Crippen molar-refractivity contribution in [1.29, 1.82) is 0 Å². The van der Waals surface area contributed by atoms with Gasteiger partial charge in [0.25, 0.3) is 0 Å². The van der Waals surface area contributed by atoms with Crippen molar-refractivity contribution in [3.8, 4) is 5.75 Å². The van der Waals surface area contributed by atoms with Gasteiger partial charge >= 0.3 is 5.97 Å². The molecule has 0 spiro atoms. The second kappa shape index (κ2) is 7.16. The minimum absolute atomic E-state index is 0.0360. The molecule has 0 radical (unpaired) electrons. The highest BCUT2D eigenvalue weighted by atomic mass is 16.5. The van der Waals surface area contributed by atoms with Gasteiger partial charge in [-0.1, -0.05) is 54.6 Å². The monoisotopic (exact) mass is 359 g/mol. The molecule has 0 aliphatic carbocycles. The number of aromatic amines is 1. The van der Waals surface area contributed by atoms with Gasteiger partial charge in [-0.2, -0.15) is 0 Å². The maximum atomic E-state index is 11.6. The predicted octanol–water partition coefficient (Wildman–Crippen LogP) is 5.42. The smallest absolute Gasteiger partial charge is 0.352 e. The van der Waals surface area contributed by atoms with Crippen molar-refractivity contribution in [2.75, 3.05) is 0 Å². The first-order chi connectivity index (χ1) is 13.1. The molecule has 1 unspecified atom stereocenters. The Kier molecular flexibility index (Phi) is 4.55. The third-order valence-electron chi connectivity index (χ3n) is 4.91. The van der Waals surface area contributed by atoms with E-state index in [-0.39, 0.29) is 11.8 Å². The fraction of sp³-hybridized carbons (Fsp3) is 0.174. The van der Waals surface area contributed by atoms with Crippen LogP contribution >= 0.6 is 0 Å². The summed E-state index contributed by atoms with van der Waals surface area (Å²) in [5, 5.41) is 12.7. The number of fused-ring (bicyclic) bond motifs is 2. The van der Waals surface area contributed by atoms with Crippen LogP contribution in [0.1, 0.15) is 29.4 Å². The molecule has 0 aliphatic rings. The molecule has 0 fully saturated rings. The van der Waals surface area contributed by atoms with Gasteiger partial charge in [-0.3, -0.25) is 0 Å². The lowest BCUT2D eigenvalue weighted by molar-refractivity contribution is 0.0690. The van der Waals surface area contributed by atoms with Gasteiger partial charge in [-0.05, 0) is 42.8 Å². The normalized spacial score (nSPS) is 12.3. The third kappa shape index (κ3) is 3.38. The van der Waals surface area contributed by atoms with E-state index in [1.165, 1.54) is 0 Å². The van der Waals surface area contributed by atoms with Crippen LogP contribution in [0.3, 0.4) is 0 Å². The Morgan fingerprint density at radius 1 is 1.00 bits per heavy atom. The fourth-order valence-electron chi connectivity index (χ4n) is 3.56. The number of benzene rings is 3. The van der Waals surface area contributed by atoms with E-state index >= 15 is 0 Å². The Morgan fingerprint density at radius 3 is 2.52 bits per heavy atom. The maximum Gasteiger partial charge on any atom is 0.352 e. The molecular formula is C23H21NO3. The van der Waals surface area contributed by atoms with Crippen LogP contribution in [0.15, 0.2) is 66.7 Å². The van der Waals surface area contributed by atoms with Gasteiger partial charge in [0.2, 0.25) is 0 Å². The SMILES string of the molecule is CC(CCc1c(C(=O)O)[nH]c2ccccc12)Oc1cccc2ccccc12.